The first kappa shape index (κ1) is 17.5. The third-order valence-corrected chi connectivity index (χ3v) is 5.34. The lowest BCUT2D eigenvalue weighted by Crippen LogP contribution is -2.15. The van der Waals surface area contributed by atoms with E-state index in [1.165, 1.54) is 0 Å². The molecule has 1 saturated heterocycles. The summed E-state index contributed by atoms with van der Waals surface area (Å²) in [5.74, 6) is 0.781. The Morgan fingerprint density at radius 1 is 1.15 bits per heavy atom. The van der Waals surface area contributed by atoms with Gasteiger partial charge < -0.3 is 10.1 Å². The van der Waals surface area contributed by atoms with Crippen molar-refractivity contribution < 1.29 is 9.53 Å². The van der Waals surface area contributed by atoms with Gasteiger partial charge in [0.05, 0.1) is 23.4 Å². The summed E-state index contributed by atoms with van der Waals surface area (Å²) in [6.07, 6.45) is 3.84. The lowest BCUT2D eigenvalue weighted by Gasteiger charge is -2.03. The molecule has 7 heteroatoms. The van der Waals surface area contributed by atoms with Crippen molar-refractivity contribution in [3.05, 3.63) is 71.3 Å². The number of hydrogen-bond acceptors (Lipinski definition) is 5. The van der Waals surface area contributed by atoms with Crippen LogP contribution in [0.15, 0.2) is 65.7 Å². The van der Waals surface area contributed by atoms with Crippen molar-refractivity contribution in [1.29, 1.82) is 0 Å². The van der Waals surface area contributed by atoms with Gasteiger partial charge in [0.15, 0.2) is 0 Å². The lowest BCUT2D eigenvalue weighted by atomic mass is 10.1. The maximum Gasteiger partial charge on any atom is 0.289 e. The number of nitrogens with zero attached hydrogens (tertiary/aromatic N) is 2. The Kier molecular flexibility index (Phi) is 4.79. The summed E-state index contributed by atoms with van der Waals surface area (Å²) in [7, 11) is 1.64. The van der Waals surface area contributed by atoms with Gasteiger partial charge in [-0.15, -0.1) is 0 Å². The molecule has 0 atom stereocenters. The lowest BCUT2D eigenvalue weighted by molar-refractivity contribution is 0.265. The number of thiocarbonyl (C=S) groups is 1. The van der Waals surface area contributed by atoms with Gasteiger partial charge in [0, 0.05) is 17.3 Å². The van der Waals surface area contributed by atoms with Crippen molar-refractivity contribution >= 4 is 40.3 Å². The molecule has 1 amide bonds. The van der Waals surface area contributed by atoms with E-state index in [9.17, 15) is 4.79 Å². The molecule has 0 bridgehead atoms. The van der Waals surface area contributed by atoms with Crippen molar-refractivity contribution in [2.75, 3.05) is 7.11 Å². The predicted molar refractivity (Wildman–Crippen MR) is 112 cm³/mol. The minimum Gasteiger partial charge on any atom is -0.497 e. The molecule has 1 aromatic heterocycles. The maximum atomic E-state index is 11.6. The second-order valence-electron chi connectivity index (χ2n) is 5.79. The first-order valence-electron chi connectivity index (χ1n) is 8.18. The number of amides is 1. The highest BCUT2D eigenvalue weighted by molar-refractivity contribution is 8.19. The average molecular weight is 393 g/mol. The minimum absolute atomic E-state index is 0.160. The molecule has 1 fully saturated rings. The van der Waals surface area contributed by atoms with Gasteiger partial charge in [-0.25, -0.2) is 4.68 Å². The standard InChI is InChI=1S/C20H15N3O2S2/c1-25-16-9-7-13(8-10-16)18-14(11-17-19(26)21-20(24)27-17)12-23(22-18)15-5-3-2-4-6-15/h2-12H,1H3,(H,21,24,26)/b17-11+. The average Bonchev–Trinajstić information content (AvgIpc) is 3.25. The fourth-order valence-corrected chi connectivity index (χ4v) is 3.77. The van der Waals surface area contributed by atoms with E-state index in [2.05, 4.69) is 5.32 Å². The SMILES string of the molecule is COc1ccc(-c2nn(-c3ccccc3)cc2/C=C2/SC(=O)NC2=S)cc1. The molecular formula is C20H15N3O2S2. The van der Waals surface area contributed by atoms with E-state index in [1.807, 2.05) is 71.6 Å². The first-order valence-corrected chi connectivity index (χ1v) is 9.41. The van der Waals surface area contributed by atoms with E-state index < -0.39 is 0 Å². The van der Waals surface area contributed by atoms with Crippen LogP contribution in [0, 0.1) is 0 Å². The Morgan fingerprint density at radius 3 is 2.52 bits per heavy atom. The van der Waals surface area contributed by atoms with Gasteiger partial charge in [-0.05, 0) is 54.2 Å². The Hall–Kier alpha value is -2.90. The number of carbonyl (C=O) groups is 1. The number of ether oxygens (including phenoxy) is 1. The van der Waals surface area contributed by atoms with Crippen LogP contribution in [0.3, 0.4) is 0 Å². The van der Waals surface area contributed by atoms with Gasteiger partial charge in [0.1, 0.15) is 10.7 Å². The number of carbonyl (C=O) groups excluding carboxylic acids is 1. The van der Waals surface area contributed by atoms with Gasteiger partial charge in [-0.2, -0.15) is 5.10 Å². The van der Waals surface area contributed by atoms with Gasteiger partial charge >= 0.3 is 0 Å². The van der Waals surface area contributed by atoms with Crippen molar-refractivity contribution in [2.24, 2.45) is 0 Å². The Balaban J connectivity index is 1.82. The molecule has 0 radical (unpaired) electrons. The zero-order valence-corrected chi connectivity index (χ0v) is 16.0. The smallest absolute Gasteiger partial charge is 0.289 e. The molecular weight excluding hydrogens is 378 g/mol. The van der Waals surface area contributed by atoms with Crippen molar-refractivity contribution in [3.63, 3.8) is 0 Å². The van der Waals surface area contributed by atoms with Crippen LogP contribution in [0.4, 0.5) is 4.79 Å². The van der Waals surface area contributed by atoms with Crippen LogP contribution in [0.5, 0.6) is 5.75 Å². The number of benzene rings is 2. The quantitative estimate of drug-likeness (QED) is 0.516. The molecule has 0 unspecified atom stereocenters. The van der Waals surface area contributed by atoms with Gasteiger partial charge in [0.2, 0.25) is 0 Å². The zero-order chi connectivity index (χ0) is 18.8. The fourth-order valence-electron chi connectivity index (χ4n) is 2.74. The van der Waals surface area contributed by atoms with E-state index in [0.717, 1.165) is 44.9 Å². The highest BCUT2D eigenvalue weighted by Crippen LogP contribution is 2.31. The normalized spacial score (nSPS) is 15.2. The molecule has 2 aromatic carbocycles. The maximum absolute atomic E-state index is 11.6. The molecule has 4 rings (SSSR count). The largest absolute Gasteiger partial charge is 0.497 e. The number of methoxy groups -OCH3 is 1. The summed E-state index contributed by atoms with van der Waals surface area (Å²) in [6.45, 7) is 0. The van der Waals surface area contributed by atoms with E-state index in [1.54, 1.807) is 7.11 Å². The molecule has 0 saturated carbocycles. The highest BCUT2D eigenvalue weighted by Gasteiger charge is 2.23. The van der Waals surface area contributed by atoms with Crippen LogP contribution in [0.2, 0.25) is 0 Å². The predicted octanol–water partition coefficient (Wildman–Crippen LogP) is 4.67. The van der Waals surface area contributed by atoms with Crippen molar-refractivity contribution in [2.45, 2.75) is 0 Å². The fraction of sp³-hybridized carbons (Fsp3) is 0.0500. The van der Waals surface area contributed by atoms with Crippen LogP contribution in [-0.4, -0.2) is 27.1 Å². The van der Waals surface area contributed by atoms with Gasteiger partial charge in [-0.3, -0.25) is 4.79 Å². The van der Waals surface area contributed by atoms with Crippen LogP contribution < -0.4 is 10.1 Å². The van der Waals surface area contributed by atoms with Crippen LogP contribution in [-0.2, 0) is 0 Å². The molecule has 0 spiro atoms. The summed E-state index contributed by atoms with van der Waals surface area (Å²) >= 11 is 6.34. The minimum atomic E-state index is -0.160. The van der Waals surface area contributed by atoms with Gasteiger partial charge in [0.25, 0.3) is 5.24 Å². The third kappa shape index (κ3) is 3.65. The second-order valence-corrected chi connectivity index (χ2v) is 7.22. The summed E-state index contributed by atoms with van der Waals surface area (Å²) in [5, 5.41) is 7.25. The third-order valence-electron chi connectivity index (χ3n) is 4.06. The van der Waals surface area contributed by atoms with Crippen LogP contribution in [0.25, 0.3) is 23.0 Å². The molecule has 134 valence electrons. The summed E-state index contributed by atoms with van der Waals surface area (Å²) in [5.41, 5.74) is 3.58. The molecule has 3 aromatic rings. The highest BCUT2D eigenvalue weighted by atomic mass is 32.2. The summed E-state index contributed by atoms with van der Waals surface area (Å²) in [4.78, 5) is 12.8. The number of rotatable bonds is 4. The zero-order valence-electron chi connectivity index (χ0n) is 14.4. The first-order chi connectivity index (χ1) is 13.1. The van der Waals surface area contributed by atoms with E-state index in [-0.39, 0.29) is 5.24 Å². The molecule has 27 heavy (non-hydrogen) atoms. The topological polar surface area (TPSA) is 56.2 Å². The molecule has 0 aliphatic carbocycles. The number of nitrogens with one attached hydrogen (secondary N) is 1. The molecule has 1 aliphatic heterocycles. The van der Waals surface area contributed by atoms with Crippen LogP contribution >= 0.6 is 24.0 Å². The Bertz CT molecular complexity index is 1040. The monoisotopic (exact) mass is 393 g/mol. The van der Waals surface area contributed by atoms with E-state index in [0.29, 0.717) is 4.99 Å². The molecule has 5 nitrogen and oxygen atoms in total. The number of para-hydroxylation sites is 1. The number of aromatic nitrogens is 2. The van der Waals surface area contributed by atoms with E-state index in [4.69, 9.17) is 22.1 Å². The van der Waals surface area contributed by atoms with Crippen molar-refractivity contribution in [3.8, 4) is 22.7 Å². The molecule has 1 N–H and O–H groups in total. The molecule has 2 heterocycles. The summed E-state index contributed by atoms with van der Waals surface area (Å²) < 4.78 is 7.06. The Labute approximate surface area is 166 Å². The van der Waals surface area contributed by atoms with Crippen LogP contribution in [0.1, 0.15) is 5.56 Å². The van der Waals surface area contributed by atoms with Gasteiger partial charge in [-0.1, -0.05) is 30.4 Å². The second kappa shape index (κ2) is 7.38. The van der Waals surface area contributed by atoms with Crippen molar-refractivity contribution in [1.82, 2.24) is 15.1 Å². The molecule has 1 aliphatic rings. The number of thioether (sulfide) groups is 1. The summed E-state index contributed by atoms with van der Waals surface area (Å²) in [6, 6.07) is 17.6. The number of hydrogen-bond donors (Lipinski definition) is 1. The van der Waals surface area contributed by atoms with E-state index >= 15 is 0 Å². The Morgan fingerprint density at radius 2 is 1.89 bits per heavy atom.